The lowest BCUT2D eigenvalue weighted by molar-refractivity contribution is -0.143. The Kier molecular flexibility index (Phi) is 6.04. The van der Waals surface area contributed by atoms with Gasteiger partial charge in [0.1, 0.15) is 12.4 Å². The second kappa shape index (κ2) is 8.27. The van der Waals surface area contributed by atoms with Crippen molar-refractivity contribution in [1.82, 2.24) is 15.1 Å². The fourth-order valence-electron chi connectivity index (χ4n) is 4.16. The zero-order valence-electron chi connectivity index (χ0n) is 14.9. The van der Waals surface area contributed by atoms with Crippen LogP contribution in [-0.2, 0) is 16.0 Å². The summed E-state index contributed by atoms with van der Waals surface area (Å²) in [5, 5.41) is 3.11. The van der Waals surface area contributed by atoms with Crippen molar-refractivity contribution >= 4 is 24.2 Å². The third kappa shape index (κ3) is 3.81. The van der Waals surface area contributed by atoms with Crippen LogP contribution >= 0.6 is 12.4 Å². The molecule has 2 atom stereocenters. The highest BCUT2D eigenvalue weighted by atomic mass is 35.5. The van der Waals surface area contributed by atoms with Crippen LogP contribution in [0.4, 0.5) is 0 Å². The summed E-state index contributed by atoms with van der Waals surface area (Å²) >= 11 is 0. The predicted octanol–water partition coefficient (Wildman–Crippen LogP) is 1.08. The van der Waals surface area contributed by atoms with Crippen molar-refractivity contribution in [3.8, 4) is 5.75 Å². The molecule has 2 fully saturated rings. The van der Waals surface area contributed by atoms with E-state index in [0.717, 1.165) is 50.2 Å². The normalized spacial score (nSPS) is 25.8. The molecule has 3 aliphatic heterocycles. The van der Waals surface area contributed by atoms with Crippen LogP contribution in [-0.4, -0.2) is 67.0 Å². The number of likely N-dealkylation sites (tertiary alicyclic amines) is 1. The molecule has 1 N–H and O–H groups in total. The number of carbonyl (C=O) groups excluding carboxylic acids is 2. The number of nitrogens with zero attached hydrogens (tertiary/aromatic N) is 2. The number of para-hydroxylation sites is 1. The van der Waals surface area contributed by atoms with Crippen molar-refractivity contribution < 1.29 is 14.3 Å². The van der Waals surface area contributed by atoms with Crippen molar-refractivity contribution in [1.29, 1.82) is 0 Å². The topological polar surface area (TPSA) is 61.9 Å². The van der Waals surface area contributed by atoms with Gasteiger partial charge in [-0.05, 0) is 30.9 Å². The van der Waals surface area contributed by atoms with E-state index in [2.05, 4.69) is 5.32 Å². The maximum absolute atomic E-state index is 13.0. The molecule has 2 unspecified atom stereocenters. The van der Waals surface area contributed by atoms with Crippen LogP contribution in [0, 0.1) is 5.92 Å². The number of hydrogen-bond donors (Lipinski definition) is 1. The smallest absolute Gasteiger partial charge is 0.236 e. The zero-order chi connectivity index (χ0) is 17.2. The Balaban J connectivity index is 0.00000196. The SMILES string of the molecule is Cl.O=C(C1COc2ccccc2C1)N1CCCC(N2CCNCC2=O)C1. The van der Waals surface area contributed by atoms with Crippen LogP contribution in [0.3, 0.4) is 0 Å². The molecule has 1 aromatic carbocycles. The van der Waals surface area contributed by atoms with E-state index in [0.29, 0.717) is 19.7 Å². The Hall–Kier alpha value is -1.79. The van der Waals surface area contributed by atoms with Crippen LogP contribution in [0.2, 0.25) is 0 Å². The Bertz CT molecular complexity index is 669. The molecular formula is C19H26ClN3O3. The van der Waals surface area contributed by atoms with Gasteiger partial charge < -0.3 is 19.9 Å². The lowest BCUT2D eigenvalue weighted by Gasteiger charge is -2.42. The number of amides is 2. The summed E-state index contributed by atoms with van der Waals surface area (Å²) in [4.78, 5) is 29.1. The maximum Gasteiger partial charge on any atom is 0.236 e. The molecule has 1 aromatic rings. The Morgan fingerprint density at radius 1 is 1.23 bits per heavy atom. The number of carbonyl (C=O) groups is 2. The molecule has 0 spiro atoms. The van der Waals surface area contributed by atoms with E-state index in [1.54, 1.807) is 0 Å². The fourth-order valence-corrected chi connectivity index (χ4v) is 4.16. The summed E-state index contributed by atoms with van der Waals surface area (Å²) in [6.07, 6.45) is 2.68. The van der Waals surface area contributed by atoms with Gasteiger partial charge in [-0.25, -0.2) is 0 Å². The van der Waals surface area contributed by atoms with Gasteiger partial charge in [0.25, 0.3) is 0 Å². The van der Waals surface area contributed by atoms with E-state index in [-0.39, 0.29) is 36.2 Å². The van der Waals surface area contributed by atoms with Crippen LogP contribution < -0.4 is 10.1 Å². The lowest BCUT2D eigenvalue weighted by Crippen LogP contribution is -2.58. The zero-order valence-corrected chi connectivity index (χ0v) is 15.7. The first-order chi connectivity index (χ1) is 12.2. The number of fused-ring (bicyclic) bond motifs is 1. The Morgan fingerprint density at radius 2 is 2.08 bits per heavy atom. The van der Waals surface area contributed by atoms with Crippen LogP contribution in [0.25, 0.3) is 0 Å². The first-order valence-corrected chi connectivity index (χ1v) is 9.22. The van der Waals surface area contributed by atoms with Gasteiger partial charge in [-0.3, -0.25) is 9.59 Å². The fraction of sp³-hybridized carbons (Fsp3) is 0.579. The second-order valence-corrected chi connectivity index (χ2v) is 7.16. The summed E-state index contributed by atoms with van der Waals surface area (Å²) in [6.45, 7) is 3.88. The molecule has 2 saturated heterocycles. The first-order valence-electron chi connectivity index (χ1n) is 9.22. The molecule has 0 saturated carbocycles. The molecule has 3 aliphatic rings. The highest BCUT2D eigenvalue weighted by Crippen LogP contribution is 2.28. The number of benzene rings is 1. The minimum Gasteiger partial charge on any atom is -0.492 e. The van der Waals surface area contributed by atoms with E-state index in [9.17, 15) is 9.59 Å². The van der Waals surface area contributed by atoms with Crippen molar-refractivity contribution in [3.05, 3.63) is 29.8 Å². The lowest BCUT2D eigenvalue weighted by atomic mass is 9.94. The van der Waals surface area contributed by atoms with E-state index < -0.39 is 0 Å². The van der Waals surface area contributed by atoms with Gasteiger partial charge in [0.2, 0.25) is 11.8 Å². The molecule has 2 amide bonds. The van der Waals surface area contributed by atoms with E-state index in [1.807, 2.05) is 34.1 Å². The molecule has 0 radical (unpaired) electrons. The van der Waals surface area contributed by atoms with Gasteiger partial charge in [0, 0.05) is 32.2 Å². The third-order valence-corrected chi connectivity index (χ3v) is 5.50. The average molecular weight is 380 g/mol. The number of ether oxygens (including phenoxy) is 1. The molecule has 3 heterocycles. The van der Waals surface area contributed by atoms with Crippen molar-refractivity contribution in [2.45, 2.75) is 25.3 Å². The summed E-state index contributed by atoms with van der Waals surface area (Å²) in [5.74, 6) is 1.10. The second-order valence-electron chi connectivity index (χ2n) is 7.16. The average Bonchev–Trinajstić information content (AvgIpc) is 2.67. The number of halogens is 1. The van der Waals surface area contributed by atoms with Gasteiger partial charge >= 0.3 is 0 Å². The standard InChI is InChI=1S/C19H25N3O3.ClH/c23-18-11-20-7-9-22(18)16-5-3-8-21(12-16)19(24)15-10-14-4-1-2-6-17(14)25-13-15;/h1-2,4,6,15-16,20H,3,5,7-13H2;1H. The quantitative estimate of drug-likeness (QED) is 0.835. The minimum absolute atomic E-state index is 0. The number of piperazine rings is 1. The van der Waals surface area contributed by atoms with Crippen molar-refractivity contribution in [2.75, 3.05) is 39.3 Å². The van der Waals surface area contributed by atoms with E-state index in [4.69, 9.17) is 4.74 Å². The summed E-state index contributed by atoms with van der Waals surface area (Å²) in [5.41, 5.74) is 1.11. The van der Waals surface area contributed by atoms with E-state index in [1.165, 1.54) is 0 Å². The van der Waals surface area contributed by atoms with Crippen LogP contribution in [0.5, 0.6) is 5.75 Å². The summed E-state index contributed by atoms with van der Waals surface area (Å²) < 4.78 is 5.79. The molecule has 0 bridgehead atoms. The number of nitrogens with one attached hydrogen (secondary N) is 1. The van der Waals surface area contributed by atoms with Gasteiger partial charge in [-0.1, -0.05) is 18.2 Å². The van der Waals surface area contributed by atoms with E-state index >= 15 is 0 Å². The monoisotopic (exact) mass is 379 g/mol. The minimum atomic E-state index is -0.118. The highest BCUT2D eigenvalue weighted by molar-refractivity contribution is 5.85. The number of rotatable bonds is 2. The molecule has 0 aliphatic carbocycles. The molecule has 6 nitrogen and oxygen atoms in total. The summed E-state index contributed by atoms with van der Waals surface area (Å²) in [6, 6.07) is 8.10. The molecule has 4 rings (SSSR count). The largest absolute Gasteiger partial charge is 0.492 e. The van der Waals surface area contributed by atoms with Crippen LogP contribution in [0.15, 0.2) is 24.3 Å². The molecule has 26 heavy (non-hydrogen) atoms. The number of hydrogen-bond acceptors (Lipinski definition) is 4. The highest BCUT2D eigenvalue weighted by Gasteiger charge is 2.35. The third-order valence-electron chi connectivity index (χ3n) is 5.50. The van der Waals surface area contributed by atoms with Crippen molar-refractivity contribution in [2.24, 2.45) is 5.92 Å². The van der Waals surface area contributed by atoms with Crippen LogP contribution in [0.1, 0.15) is 18.4 Å². The molecular weight excluding hydrogens is 354 g/mol. The predicted molar refractivity (Wildman–Crippen MR) is 101 cm³/mol. The van der Waals surface area contributed by atoms with Crippen molar-refractivity contribution in [3.63, 3.8) is 0 Å². The van der Waals surface area contributed by atoms with Gasteiger partial charge in [-0.2, -0.15) is 0 Å². The van der Waals surface area contributed by atoms with Gasteiger partial charge in [-0.15, -0.1) is 12.4 Å². The Labute approximate surface area is 160 Å². The Morgan fingerprint density at radius 3 is 2.92 bits per heavy atom. The molecule has 0 aromatic heterocycles. The first kappa shape index (κ1) is 19.0. The summed E-state index contributed by atoms with van der Waals surface area (Å²) in [7, 11) is 0. The number of piperidine rings is 1. The maximum atomic E-state index is 13.0. The van der Waals surface area contributed by atoms with Gasteiger partial charge in [0.05, 0.1) is 12.5 Å². The van der Waals surface area contributed by atoms with Gasteiger partial charge in [0.15, 0.2) is 0 Å². The molecule has 142 valence electrons. The molecule has 7 heteroatoms.